The number of hydrogen-bond acceptors (Lipinski definition) is 7. The van der Waals surface area contributed by atoms with E-state index in [1.165, 1.54) is 0 Å². The third-order valence-corrected chi connectivity index (χ3v) is 6.27. The molecule has 2 aliphatic rings. The predicted molar refractivity (Wildman–Crippen MR) is 149 cm³/mol. The van der Waals surface area contributed by atoms with Crippen LogP contribution in [-0.2, 0) is 6.54 Å². The van der Waals surface area contributed by atoms with Gasteiger partial charge in [0.05, 0.1) is 29.8 Å². The molecule has 1 aliphatic heterocycles. The van der Waals surface area contributed by atoms with Crippen molar-refractivity contribution in [2.24, 2.45) is 21.6 Å². The Kier molecular flexibility index (Phi) is 10.1. The first-order valence-corrected chi connectivity index (χ1v) is 13.0. The Hall–Kier alpha value is -3.15. The number of hydrogen-bond donors (Lipinski definition) is 3. The van der Waals surface area contributed by atoms with Gasteiger partial charge >= 0.3 is 0 Å². The van der Waals surface area contributed by atoms with Crippen molar-refractivity contribution in [2.75, 3.05) is 32.0 Å². The first kappa shape index (κ1) is 27.4. The fourth-order valence-electron chi connectivity index (χ4n) is 4.19. The summed E-state index contributed by atoms with van der Waals surface area (Å²) in [5.74, 6) is 6.27. The number of aryl methyl sites for hydroxylation is 1. The number of nitrogens with one attached hydrogen (secondary N) is 1. The second-order valence-corrected chi connectivity index (χ2v) is 9.26. The molecule has 8 nitrogen and oxygen atoms in total. The molecule has 1 fully saturated rings. The van der Waals surface area contributed by atoms with Crippen LogP contribution >= 0.6 is 0 Å². The van der Waals surface area contributed by atoms with E-state index in [-0.39, 0.29) is 6.17 Å². The van der Waals surface area contributed by atoms with Gasteiger partial charge in [0.15, 0.2) is 0 Å². The zero-order chi connectivity index (χ0) is 26.1. The van der Waals surface area contributed by atoms with E-state index in [0.29, 0.717) is 18.9 Å². The molecule has 0 aromatic carbocycles. The molecule has 36 heavy (non-hydrogen) atoms. The number of aromatic nitrogens is 2. The normalized spacial score (nSPS) is 18.4. The van der Waals surface area contributed by atoms with Gasteiger partial charge in [-0.05, 0) is 50.2 Å². The molecule has 0 amide bonds. The fourth-order valence-corrected chi connectivity index (χ4v) is 4.19. The Balaban J connectivity index is 1.94. The standard InChI is InChI=1S/C28H41N7O/c1-6-15-34-16-13-23(27(32-20(4)29)28-24(30-5)19-35(8-3)33-28)17-21(7-2)25(34)18-31-14-9-10-26(36)22-11-12-22/h7,13,18-20,22,26,30,36H,2,6,8,11-12,14-17,29H2,1,3-5H3/b31-18?,32-27-. The lowest BCUT2D eigenvalue weighted by molar-refractivity contribution is 0.209. The van der Waals surface area contributed by atoms with Crippen LogP contribution in [0.3, 0.4) is 0 Å². The van der Waals surface area contributed by atoms with Crippen LogP contribution in [0.15, 0.2) is 51.8 Å². The molecule has 2 atom stereocenters. The van der Waals surface area contributed by atoms with Crippen LogP contribution in [0, 0.1) is 17.8 Å². The summed E-state index contributed by atoms with van der Waals surface area (Å²) in [6.45, 7) is 12.9. The molecule has 0 radical (unpaired) electrons. The van der Waals surface area contributed by atoms with Crippen LogP contribution in [0.2, 0.25) is 0 Å². The molecule has 0 saturated heterocycles. The van der Waals surface area contributed by atoms with Gasteiger partial charge in [-0.1, -0.05) is 37.5 Å². The highest BCUT2D eigenvalue weighted by molar-refractivity contribution is 6.15. The lowest BCUT2D eigenvalue weighted by atomic mass is 9.97. The lowest BCUT2D eigenvalue weighted by Crippen LogP contribution is -2.25. The van der Waals surface area contributed by atoms with E-state index in [1.54, 1.807) is 0 Å². The molecule has 4 N–H and O–H groups in total. The number of aliphatic imine (C=N–C) groups is 2. The predicted octanol–water partition coefficient (Wildman–Crippen LogP) is 3.37. The summed E-state index contributed by atoms with van der Waals surface area (Å²) in [4.78, 5) is 11.7. The monoisotopic (exact) mass is 491 g/mol. The second kappa shape index (κ2) is 13.2. The minimum absolute atomic E-state index is 0.349. The highest BCUT2D eigenvalue weighted by atomic mass is 16.3. The number of rotatable bonds is 11. The van der Waals surface area contributed by atoms with Gasteiger partial charge < -0.3 is 21.1 Å². The van der Waals surface area contributed by atoms with Crippen LogP contribution in [0.1, 0.15) is 52.1 Å². The van der Waals surface area contributed by atoms with Crippen molar-refractivity contribution in [3.63, 3.8) is 0 Å². The molecule has 2 heterocycles. The quantitative estimate of drug-likeness (QED) is 0.325. The van der Waals surface area contributed by atoms with E-state index in [0.717, 1.165) is 72.8 Å². The summed E-state index contributed by atoms with van der Waals surface area (Å²) in [5, 5.41) is 18.0. The number of nitrogens with two attached hydrogens (primary N) is 1. The first-order valence-electron chi connectivity index (χ1n) is 13.0. The maximum Gasteiger partial charge on any atom is 0.134 e. The van der Waals surface area contributed by atoms with Crippen LogP contribution in [0.25, 0.3) is 0 Å². The average molecular weight is 492 g/mol. The number of aliphatic hydroxyl groups excluding tert-OH is 1. The molecular formula is C28H41N7O. The van der Waals surface area contributed by atoms with Crippen molar-refractivity contribution in [1.29, 1.82) is 0 Å². The summed E-state index contributed by atoms with van der Waals surface area (Å²) in [6, 6.07) is 0. The number of anilines is 1. The van der Waals surface area contributed by atoms with Gasteiger partial charge in [-0.2, -0.15) is 5.10 Å². The van der Waals surface area contributed by atoms with E-state index < -0.39 is 6.10 Å². The Morgan fingerprint density at radius 3 is 2.81 bits per heavy atom. The number of aliphatic hydroxyl groups is 1. The lowest BCUT2D eigenvalue weighted by Gasteiger charge is -2.24. The van der Waals surface area contributed by atoms with Crippen molar-refractivity contribution >= 4 is 17.6 Å². The Morgan fingerprint density at radius 2 is 2.19 bits per heavy atom. The molecule has 2 unspecified atom stereocenters. The summed E-state index contributed by atoms with van der Waals surface area (Å²) < 4.78 is 1.90. The maximum atomic E-state index is 9.96. The largest absolute Gasteiger partial charge is 0.385 e. The van der Waals surface area contributed by atoms with Gasteiger partial charge in [0.2, 0.25) is 0 Å². The van der Waals surface area contributed by atoms with Crippen molar-refractivity contribution in [3.8, 4) is 11.8 Å². The summed E-state index contributed by atoms with van der Waals surface area (Å²) in [5.41, 5.74) is 11.8. The maximum absolute atomic E-state index is 9.96. The number of allylic oxidation sites excluding steroid dienone is 4. The molecule has 8 heteroatoms. The van der Waals surface area contributed by atoms with Gasteiger partial charge in [-0.3, -0.25) is 14.7 Å². The summed E-state index contributed by atoms with van der Waals surface area (Å²) >= 11 is 0. The van der Waals surface area contributed by atoms with E-state index in [4.69, 9.17) is 15.8 Å². The third-order valence-electron chi connectivity index (χ3n) is 6.27. The highest BCUT2D eigenvalue weighted by Gasteiger charge is 2.28. The molecule has 1 aromatic rings. The van der Waals surface area contributed by atoms with E-state index in [2.05, 4.69) is 53.6 Å². The van der Waals surface area contributed by atoms with Crippen LogP contribution in [0.5, 0.6) is 0 Å². The highest BCUT2D eigenvalue weighted by Crippen LogP contribution is 2.32. The fraction of sp³-hybridized carbons (Fsp3) is 0.536. The Morgan fingerprint density at radius 1 is 1.42 bits per heavy atom. The zero-order valence-electron chi connectivity index (χ0n) is 22.2. The smallest absolute Gasteiger partial charge is 0.134 e. The molecule has 194 valence electrons. The summed E-state index contributed by atoms with van der Waals surface area (Å²) in [7, 11) is 1.89. The molecule has 3 rings (SSSR count). The van der Waals surface area contributed by atoms with Gasteiger partial charge in [0, 0.05) is 45.5 Å². The van der Waals surface area contributed by atoms with Gasteiger partial charge in [0.1, 0.15) is 11.8 Å². The molecule has 1 aromatic heterocycles. The molecule has 1 saturated carbocycles. The van der Waals surface area contributed by atoms with Crippen molar-refractivity contribution in [2.45, 2.75) is 65.3 Å². The summed E-state index contributed by atoms with van der Waals surface area (Å²) in [6.07, 6.45) is 10.9. The average Bonchev–Trinajstić information content (AvgIpc) is 3.66. The molecule has 0 spiro atoms. The van der Waals surface area contributed by atoms with Gasteiger partial charge in [-0.15, -0.1) is 0 Å². The number of nitrogens with zero attached hydrogens (tertiary/aromatic N) is 5. The SMILES string of the molecule is C=CC1=C(C=NCC#CC(O)C2CC2)N(CCC)CC=C(/C(=N/C(C)N)c2nn(CC)cc2NC)C1. The second-order valence-electron chi connectivity index (χ2n) is 9.26. The Bertz CT molecular complexity index is 1090. The molecular weight excluding hydrogens is 450 g/mol. The molecule has 1 aliphatic carbocycles. The van der Waals surface area contributed by atoms with Gasteiger partial charge in [0.25, 0.3) is 0 Å². The zero-order valence-corrected chi connectivity index (χ0v) is 22.2. The van der Waals surface area contributed by atoms with Crippen LogP contribution < -0.4 is 11.1 Å². The van der Waals surface area contributed by atoms with Gasteiger partial charge in [-0.25, -0.2) is 0 Å². The van der Waals surface area contributed by atoms with Crippen molar-refractivity contribution < 1.29 is 5.11 Å². The van der Waals surface area contributed by atoms with E-state index in [9.17, 15) is 5.11 Å². The van der Waals surface area contributed by atoms with E-state index in [1.807, 2.05) is 37.1 Å². The topological polar surface area (TPSA) is 104 Å². The minimum atomic E-state index is -0.522. The van der Waals surface area contributed by atoms with Crippen LogP contribution in [-0.4, -0.2) is 70.7 Å². The third kappa shape index (κ3) is 7.19. The van der Waals surface area contributed by atoms with E-state index >= 15 is 0 Å². The molecule has 0 bridgehead atoms. The van der Waals surface area contributed by atoms with Crippen molar-refractivity contribution in [3.05, 3.63) is 47.5 Å². The van der Waals surface area contributed by atoms with Crippen molar-refractivity contribution in [1.82, 2.24) is 14.7 Å². The van der Waals surface area contributed by atoms with Crippen LogP contribution in [0.4, 0.5) is 5.69 Å². The Labute approximate surface area is 215 Å². The minimum Gasteiger partial charge on any atom is -0.385 e. The first-order chi connectivity index (χ1) is 17.4.